The van der Waals surface area contributed by atoms with E-state index in [1.165, 1.54) is 11.3 Å². The van der Waals surface area contributed by atoms with Crippen LogP contribution in [0.25, 0.3) is 21.1 Å². The lowest BCUT2D eigenvalue weighted by atomic mass is 10.1. The molecule has 0 fully saturated rings. The van der Waals surface area contributed by atoms with Gasteiger partial charge in [-0.25, -0.2) is 4.98 Å². The number of carbonyl (C=O) groups is 1. The van der Waals surface area contributed by atoms with E-state index in [-0.39, 0.29) is 5.91 Å². The van der Waals surface area contributed by atoms with Gasteiger partial charge in [0, 0.05) is 24.1 Å². The Morgan fingerprint density at radius 3 is 2.88 bits per heavy atom. The van der Waals surface area contributed by atoms with Gasteiger partial charge < -0.3 is 9.88 Å². The van der Waals surface area contributed by atoms with E-state index >= 15 is 0 Å². The van der Waals surface area contributed by atoms with Crippen molar-refractivity contribution >= 4 is 43.5 Å². The van der Waals surface area contributed by atoms with Gasteiger partial charge in [-0.1, -0.05) is 41.7 Å². The number of aryl methyl sites for hydroxylation is 2. The Hall–Kier alpha value is -2.66. The number of para-hydroxylation sites is 2. The number of hydrogen-bond donors (Lipinski definition) is 1. The van der Waals surface area contributed by atoms with Crippen LogP contribution in [0.1, 0.15) is 11.1 Å². The van der Waals surface area contributed by atoms with Crippen molar-refractivity contribution in [2.24, 2.45) is 7.05 Å². The Balaban J connectivity index is 1.58. The number of anilines is 1. The van der Waals surface area contributed by atoms with Crippen LogP contribution in [-0.2, 0) is 18.3 Å². The molecule has 1 N–H and O–H groups in total. The Morgan fingerprint density at radius 1 is 1.21 bits per heavy atom. The number of hydrogen-bond acceptors (Lipinski definition) is 3. The minimum atomic E-state index is -0.0388. The van der Waals surface area contributed by atoms with Crippen molar-refractivity contribution in [1.29, 1.82) is 0 Å². The first-order valence-corrected chi connectivity index (χ1v) is 8.62. The highest BCUT2D eigenvalue weighted by Gasteiger charge is 2.13. The summed E-state index contributed by atoms with van der Waals surface area (Å²) >= 11 is 1.51. The average molecular weight is 335 g/mol. The number of thiazole rings is 1. The van der Waals surface area contributed by atoms with Crippen molar-refractivity contribution in [3.63, 3.8) is 0 Å². The fourth-order valence-electron chi connectivity index (χ4n) is 3.04. The van der Waals surface area contributed by atoms with Gasteiger partial charge in [0.15, 0.2) is 5.13 Å². The molecule has 0 bridgehead atoms. The first-order valence-electron chi connectivity index (χ1n) is 7.81. The molecule has 1 amide bonds. The lowest BCUT2D eigenvalue weighted by Crippen LogP contribution is -2.14. The van der Waals surface area contributed by atoms with E-state index in [2.05, 4.69) is 27.0 Å². The number of fused-ring (bicyclic) bond motifs is 2. The maximum Gasteiger partial charge on any atom is 0.230 e. The maximum absolute atomic E-state index is 12.4. The number of carbonyl (C=O) groups excluding carboxylic acids is 1. The number of rotatable bonds is 3. The summed E-state index contributed by atoms with van der Waals surface area (Å²) < 4.78 is 3.15. The van der Waals surface area contributed by atoms with Crippen molar-refractivity contribution in [2.75, 3.05) is 5.32 Å². The van der Waals surface area contributed by atoms with Crippen LogP contribution in [0, 0.1) is 6.92 Å². The van der Waals surface area contributed by atoms with Gasteiger partial charge in [0.25, 0.3) is 0 Å². The topological polar surface area (TPSA) is 46.9 Å². The molecular formula is C19H17N3OS. The van der Waals surface area contributed by atoms with Crippen LogP contribution in [0.15, 0.2) is 48.7 Å². The molecule has 0 atom stereocenters. The highest BCUT2D eigenvalue weighted by molar-refractivity contribution is 7.22. The Kier molecular flexibility index (Phi) is 3.58. The minimum Gasteiger partial charge on any atom is -0.350 e. The molecular weight excluding hydrogens is 318 g/mol. The fraction of sp³-hybridized carbons (Fsp3) is 0.158. The molecule has 0 aliphatic carbocycles. The van der Waals surface area contributed by atoms with Gasteiger partial charge in [-0.2, -0.15) is 0 Å². The summed E-state index contributed by atoms with van der Waals surface area (Å²) in [7, 11) is 2.00. The van der Waals surface area contributed by atoms with Crippen LogP contribution in [0.3, 0.4) is 0 Å². The molecule has 4 aromatic rings. The molecule has 24 heavy (non-hydrogen) atoms. The quantitative estimate of drug-likeness (QED) is 0.607. The second-order valence-electron chi connectivity index (χ2n) is 5.95. The van der Waals surface area contributed by atoms with Crippen molar-refractivity contribution in [3.05, 3.63) is 59.8 Å². The first kappa shape index (κ1) is 14.9. The van der Waals surface area contributed by atoms with Crippen LogP contribution in [-0.4, -0.2) is 15.5 Å². The van der Waals surface area contributed by atoms with Gasteiger partial charge in [-0.3, -0.25) is 4.79 Å². The summed E-state index contributed by atoms with van der Waals surface area (Å²) in [6.45, 7) is 2.03. The molecule has 5 heteroatoms. The molecule has 0 aliphatic rings. The fourth-order valence-corrected chi connectivity index (χ4v) is 4.00. The predicted octanol–water partition coefficient (Wildman–Crippen LogP) is 4.28. The zero-order chi connectivity index (χ0) is 16.7. The number of benzene rings is 2. The summed E-state index contributed by atoms with van der Waals surface area (Å²) in [4.78, 5) is 17.0. The van der Waals surface area contributed by atoms with Crippen LogP contribution < -0.4 is 5.32 Å². The average Bonchev–Trinajstić information content (AvgIpc) is 3.10. The van der Waals surface area contributed by atoms with Gasteiger partial charge in [-0.05, 0) is 30.2 Å². The molecule has 4 rings (SSSR count). The van der Waals surface area contributed by atoms with E-state index in [9.17, 15) is 4.79 Å². The SMILES string of the molecule is Cc1cccc2sc(NC(=O)Cc3cn(C)c4ccccc34)nc12. The zero-order valence-electron chi connectivity index (χ0n) is 13.5. The van der Waals surface area contributed by atoms with Gasteiger partial charge in [0.2, 0.25) is 5.91 Å². The molecule has 2 aromatic carbocycles. The molecule has 0 unspecified atom stereocenters. The summed E-state index contributed by atoms with van der Waals surface area (Å²) in [5.41, 5.74) is 4.25. The van der Waals surface area contributed by atoms with E-state index in [1.54, 1.807) is 0 Å². The van der Waals surface area contributed by atoms with Crippen molar-refractivity contribution in [2.45, 2.75) is 13.3 Å². The van der Waals surface area contributed by atoms with Crippen molar-refractivity contribution in [1.82, 2.24) is 9.55 Å². The smallest absolute Gasteiger partial charge is 0.230 e. The highest BCUT2D eigenvalue weighted by Crippen LogP contribution is 2.28. The van der Waals surface area contributed by atoms with Crippen LogP contribution in [0.5, 0.6) is 0 Å². The molecule has 0 aliphatic heterocycles. The number of nitrogens with zero attached hydrogens (tertiary/aromatic N) is 2. The third-order valence-corrected chi connectivity index (χ3v) is 5.13. The lowest BCUT2D eigenvalue weighted by Gasteiger charge is -2.00. The second kappa shape index (κ2) is 5.76. The second-order valence-corrected chi connectivity index (χ2v) is 6.98. The van der Waals surface area contributed by atoms with Gasteiger partial charge >= 0.3 is 0 Å². The Labute approximate surface area is 143 Å². The molecule has 0 spiro atoms. The van der Waals surface area contributed by atoms with Crippen LogP contribution >= 0.6 is 11.3 Å². The van der Waals surface area contributed by atoms with E-state index in [4.69, 9.17) is 0 Å². The number of aromatic nitrogens is 2. The number of nitrogens with one attached hydrogen (secondary N) is 1. The van der Waals surface area contributed by atoms with E-state index < -0.39 is 0 Å². The molecule has 120 valence electrons. The molecule has 0 saturated carbocycles. The van der Waals surface area contributed by atoms with E-state index in [0.717, 1.165) is 32.2 Å². The predicted molar refractivity (Wildman–Crippen MR) is 99.6 cm³/mol. The summed E-state index contributed by atoms with van der Waals surface area (Å²) in [6.07, 6.45) is 2.36. The van der Waals surface area contributed by atoms with Crippen LogP contribution in [0.2, 0.25) is 0 Å². The Bertz CT molecular complexity index is 1060. The lowest BCUT2D eigenvalue weighted by molar-refractivity contribution is -0.115. The normalized spacial score (nSPS) is 11.2. The number of amides is 1. The molecule has 2 aromatic heterocycles. The third-order valence-electron chi connectivity index (χ3n) is 4.20. The zero-order valence-corrected chi connectivity index (χ0v) is 14.4. The molecule has 0 radical (unpaired) electrons. The molecule has 2 heterocycles. The maximum atomic E-state index is 12.4. The summed E-state index contributed by atoms with van der Waals surface area (Å²) in [5.74, 6) is -0.0388. The van der Waals surface area contributed by atoms with Gasteiger partial charge in [-0.15, -0.1) is 0 Å². The monoisotopic (exact) mass is 335 g/mol. The summed E-state index contributed by atoms with van der Waals surface area (Å²) in [6, 6.07) is 14.2. The largest absolute Gasteiger partial charge is 0.350 e. The minimum absolute atomic E-state index is 0.0388. The summed E-state index contributed by atoms with van der Waals surface area (Å²) in [5, 5.41) is 4.72. The van der Waals surface area contributed by atoms with Crippen molar-refractivity contribution in [3.8, 4) is 0 Å². The third kappa shape index (κ3) is 2.57. The van der Waals surface area contributed by atoms with E-state index in [1.807, 2.05) is 50.5 Å². The standard InChI is InChI=1S/C19H17N3OS/c1-12-6-5-9-16-18(12)21-19(24-16)20-17(23)10-13-11-22(2)15-8-4-3-7-14(13)15/h3-9,11H,10H2,1-2H3,(H,20,21,23). The van der Waals surface area contributed by atoms with Crippen LogP contribution in [0.4, 0.5) is 5.13 Å². The van der Waals surface area contributed by atoms with Gasteiger partial charge in [0.05, 0.1) is 16.6 Å². The van der Waals surface area contributed by atoms with Gasteiger partial charge in [0.1, 0.15) is 0 Å². The van der Waals surface area contributed by atoms with Crippen molar-refractivity contribution < 1.29 is 4.79 Å². The van der Waals surface area contributed by atoms with E-state index in [0.29, 0.717) is 11.6 Å². The highest BCUT2D eigenvalue weighted by atomic mass is 32.1. The first-order chi connectivity index (χ1) is 11.6. The Morgan fingerprint density at radius 2 is 2.04 bits per heavy atom. The molecule has 4 nitrogen and oxygen atoms in total. The molecule has 0 saturated heterocycles.